The first kappa shape index (κ1) is 20.8. The van der Waals surface area contributed by atoms with Crippen molar-refractivity contribution in [3.8, 4) is 0 Å². The monoisotopic (exact) mass is 407 g/mol. The SMILES string of the molecule is O=C(NCCNC(=O)C1CCCCC1)c1cccc(S(=O)(=O)N2CCCC2)c1. The zero-order valence-electron chi connectivity index (χ0n) is 16.2. The van der Waals surface area contributed by atoms with Crippen LogP contribution in [0.3, 0.4) is 0 Å². The summed E-state index contributed by atoms with van der Waals surface area (Å²) >= 11 is 0. The zero-order valence-corrected chi connectivity index (χ0v) is 17.0. The number of benzene rings is 1. The second-order valence-corrected chi connectivity index (χ2v) is 9.46. The van der Waals surface area contributed by atoms with Gasteiger partial charge in [0, 0.05) is 37.7 Å². The first-order valence-electron chi connectivity index (χ1n) is 10.1. The van der Waals surface area contributed by atoms with E-state index in [-0.39, 0.29) is 22.6 Å². The van der Waals surface area contributed by atoms with Gasteiger partial charge in [-0.3, -0.25) is 9.59 Å². The molecule has 2 aliphatic rings. The summed E-state index contributed by atoms with van der Waals surface area (Å²) in [7, 11) is -3.55. The van der Waals surface area contributed by atoms with Gasteiger partial charge in [0.25, 0.3) is 5.91 Å². The third-order valence-corrected chi connectivity index (χ3v) is 7.38. The second kappa shape index (κ2) is 9.52. The summed E-state index contributed by atoms with van der Waals surface area (Å²) in [6, 6.07) is 6.13. The number of hydrogen-bond acceptors (Lipinski definition) is 4. The summed E-state index contributed by atoms with van der Waals surface area (Å²) in [6.45, 7) is 1.73. The average molecular weight is 408 g/mol. The highest BCUT2D eigenvalue weighted by Crippen LogP contribution is 2.23. The van der Waals surface area contributed by atoms with Crippen molar-refractivity contribution in [3.63, 3.8) is 0 Å². The molecule has 2 N–H and O–H groups in total. The lowest BCUT2D eigenvalue weighted by Crippen LogP contribution is -2.38. The second-order valence-electron chi connectivity index (χ2n) is 7.52. The van der Waals surface area contributed by atoms with Crippen LogP contribution in [0, 0.1) is 5.92 Å². The van der Waals surface area contributed by atoms with Crippen LogP contribution in [0.4, 0.5) is 0 Å². The van der Waals surface area contributed by atoms with Crippen LogP contribution >= 0.6 is 0 Å². The Kier molecular flexibility index (Phi) is 7.07. The topological polar surface area (TPSA) is 95.6 Å². The predicted molar refractivity (Wildman–Crippen MR) is 106 cm³/mol. The molecule has 3 rings (SSSR count). The predicted octanol–water partition coefficient (Wildman–Crippen LogP) is 1.90. The molecule has 0 unspecified atom stereocenters. The average Bonchev–Trinajstić information content (AvgIpc) is 3.27. The number of nitrogens with zero attached hydrogens (tertiary/aromatic N) is 1. The normalized spacial score (nSPS) is 18.7. The summed E-state index contributed by atoms with van der Waals surface area (Å²) in [5, 5.41) is 5.62. The van der Waals surface area contributed by atoms with E-state index in [0.717, 1.165) is 38.5 Å². The van der Waals surface area contributed by atoms with E-state index in [4.69, 9.17) is 0 Å². The lowest BCUT2D eigenvalue weighted by atomic mass is 9.89. The smallest absolute Gasteiger partial charge is 0.251 e. The van der Waals surface area contributed by atoms with E-state index in [9.17, 15) is 18.0 Å². The van der Waals surface area contributed by atoms with Crippen molar-refractivity contribution in [1.29, 1.82) is 0 Å². The molecule has 1 saturated carbocycles. The Balaban J connectivity index is 1.50. The van der Waals surface area contributed by atoms with Crippen LogP contribution < -0.4 is 10.6 Å². The van der Waals surface area contributed by atoms with Gasteiger partial charge in [0.2, 0.25) is 15.9 Å². The molecule has 1 aromatic rings. The van der Waals surface area contributed by atoms with E-state index < -0.39 is 10.0 Å². The van der Waals surface area contributed by atoms with Crippen molar-refractivity contribution in [1.82, 2.24) is 14.9 Å². The van der Waals surface area contributed by atoms with E-state index in [1.54, 1.807) is 12.1 Å². The molecular weight excluding hydrogens is 378 g/mol. The highest BCUT2D eigenvalue weighted by Gasteiger charge is 2.27. The molecule has 28 heavy (non-hydrogen) atoms. The fourth-order valence-electron chi connectivity index (χ4n) is 3.85. The molecule has 0 aromatic heterocycles. The molecule has 1 aliphatic heterocycles. The molecule has 1 aromatic carbocycles. The number of amides is 2. The number of carbonyl (C=O) groups excluding carboxylic acids is 2. The maximum atomic E-state index is 12.6. The first-order chi connectivity index (χ1) is 13.5. The molecule has 2 amide bonds. The fraction of sp³-hybridized carbons (Fsp3) is 0.600. The number of sulfonamides is 1. The number of rotatable bonds is 7. The third kappa shape index (κ3) is 5.11. The van der Waals surface area contributed by atoms with Crippen LogP contribution in [0.1, 0.15) is 55.3 Å². The van der Waals surface area contributed by atoms with Crippen molar-refractivity contribution in [2.45, 2.75) is 49.8 Å². The molecule has 154 valence electrons. The Labute approximate surface area is 166 Å². The Hall–Kier alpha value is -1.93. The van der Waals surface area contributed by atoms with Gasteiger partial charge in [-0.2, -0.15) is 4.31 Å². The minimum Gasteiger partial charge on any atom is -0.354 e. The third-order valence-electron chi connectivity index (χ3n) is 5.48. The highest BCUT2D eigenvalue weighted by molar-refractivity contribution is 7.89. The number of hydrogen-bond donors (Lipinski definition) is 2. The molecule has 7 nitrogen and oxygen atoms in total. The van der Waals surface area contributed by atoms with Crippen molar-refractivity contribution < 1.29 is 18.0 Å². The molecule has 0 spiro atoms. The Morgan fingerprint density at radius 2 is 1.64 bits per heavy atom. The number of carbonyl (C=O) groups is 2. The van der Waals surface area contributed by atoms with Crippen molar-refractivity contribution in [2.75, 3.05) is 26.2 Å². The van der Waals surface area contributed by atoms with Gasteiger partial charge >= 0.3 is 0 Å². The van der Waals surface area contributed by atoms with Gasteiger partial charge in [0.15, 0.2) is 0 Å². The molecule has 1 aliphatic carbocycles. The highest BCUT2D eigenvalue weighted by atomic mass is 32.2. The number of nitrogens with one attached hydrogen (secondary N) is 2. The molecule has 0 atom stereocenters. The van der Waals surface area contributed by atoms with Gasteiger partial charge in [-0.15, -0.1) is 0 Å². The van der Waals surface area contributed by atoms with Crippen LogP contribution in [-0.2, 0) is 14.8 Å². The van der Waals surface area contributed by atoms with E-state index >= 15 is 0 Å². The maximum absolute atomic E-state index is 12.6. The fourth-order valence-corrected chi connectivity index (χ4v) is 5.41. The Morgan fingerprint density at radius 1 is 0.964 bits per heavy atom. The standard InChI is InChI=1S/C20H29N3O4S/c24-19(16-7-2-1-3-8-16)21-11-12-22-20(25)17-9-6-10-18(15-17)28(26,27)23-13-4-5-14-23/h6,9-10,15-16H,1-5,7-8,11-14H2,(H,21,24)(H,22,25). The Bertz CT molecular complexity index is 797. The lowest BCUT2D eigenvalue weighted by molar-refractivity contribution is -0.125. The van der Waals surface area contributed by atoms with Gasteiger partial charge in [0.1, 0.15) is 0 Å². The van der Waals surface area contributed by atoms with Crippen molar-refractivity contribution in [3.05, 3.63) is 29.8 Å². The zero-order chi connectivity index (χ0) is 20.0. The quantitative estimate of drug-likeness (QED) is 0.675. The molecule has 1 saturated heterocycles. The van der Waals surface area contributed by atoms with Crippen LogP contribution in [-0.4, -0.2) is 50.7 Å². The van der Waals surface area contributed by atoms with Crippen LogP contribution in [0.15, 0.2) is 29.2 Å². The van der Waals surface area contributed by atoms with E-state index in [2.05, 4.69) is 10.6 Å². The molecular formula is C20H29N3O4S. The maximum Gasteiger partial charge on any atom is 0.251 e. The minimum absolute atomic E-state index is 0.0626. The van der Waals surface area contributed by atoms with Crippen LogP contribution in [0.2, 0.25) is 0 Å². The van der Waals surface area contributed by atoms with Gasteiger partial charge in [-0.1, -0.05) is 25.3 Å². The summed E-state index contributed by atoms with van der Waals surface area (Å²) in [4.78, 5) is 24.6. The molecule has 8 heteroatoms. The molecule has 0 radical (unpaired) electrons. The summed E-state index contributed by atoms with van der Waals surface area (Å²) in [5.41, 5.74) is 0.305. The summed E-state index contributed by atoms with van der Waals surface area (Å²) in [5.74, 6) is -0.185. The molecule has 1 heterocycles. The largest absolute Gasteiger partial charge is 0.354 e. The van der Waals surface area contributed by atoms with Crippen LogP contribution in [0.5, 0.6) is 0 Å². The van der Waals surface area contributed by atoms with E-state index in [1.165, 1.54) is 22.9 Å². The van der Waals surface area contributed by atoms with E-state index in [1.807, 2.05) is 0 Å². The van der Waals surface area contributed by atoms with Crippen LogP contribution in [0.25, 0.3) is 0 Å². The van der Waals surface area contributed by atoms with E-state index in [0.29, 0.717) is 31.7 Å². The van der Waals surface area contributed by atoms with Crippen molar-refractivity contribution >= 4 is 21.8 Å². The molecule has 2 fully saturated rings. The summed E-state index contributed by atoms with van der Waals surface area (Å²) in [6.07, 6.45) is 7.02. The lowest BCUT2D eigenvalue weighted by Gasteiger charge is -2.20. The first-order valence-corrected chi connectivity index (χ1v) is 11.6. The van der Waals surface area contributed by atoms with Gasteiger partial charge in [-0.25, -0.2) is 8.42 Å². The molecule has 0 bridgehead atoms. The van der Waals surface area contributed by atoms with Gasteiger partial charge in [0.05, 0.1) is 4.90 Å². The Morgan fingerprint density at radius 3 is 2.36 bits per heavy atom. The van der Waals surface area contributed by atoms with Gasteiger partial charge in [-0.05, 0) is 43.9 Å². The van der Waals surface area contributed by atoms with Crippen molar-refractivity contribution in [2.24, 2.45) is 5.92 Å². The summed E-state index contributed by atoms with van der Waals surface area (Å²) < 4.78 is 26.7. The minimum atomic E-state index is -3.55. The van der Waals surface area contributed by atoms with Gasteiger partial charge < -0.3 is 10.6 Å².